The van der Waals surface area contributed by atoms with Gasteiger partial charge < -0.3 is 0 Å². The highest BCUT2D eigenvalue weighted by atomic mass is 14.6. The molecule has 0 aromatic rings. The van der Waals surface area contributed by atoms with Crippen molar-refractivity contribution in [3.05, 3.63) is 0 Å². The summed E-state index contributed by atoms with van der Waals surface area (Å²) < 4.78 is 0. The molecule has 6 atom stereocenters. The Hall–Kier alpha value is 0. The van der Waals surface area contributed by atoms with Crippen LogP contribution in [0.25, 0.3) is 0 Å². The van der Waals surface area contributed by atoms with E-state index in [1.807, 2.05) is 0 Å². The molecule has 4 fully saturated rings. The predicted molar refractivity (Wildman–Crippen MR) is 69.2 cm³/mol. The van der Waals surface area contributed by atoms with E-state index in [1.54, 1.807) is 25.7 Å². The second-order valence-electron chi connectivity index (χ2n) is 7.63. The van der Waals surface area contributed by atoms with Crippen molar-refractivity contribution < 1.29 is 0 Å². The second kappa shape index (κ2) is 3.75. The van der Waals surface area contributed by atoms with Gasteiger partial charge in [0, 0.05) is 0 Å². The summed E-state index contributed by atoms with van der Waals surface area (Å²) in [6.45, 7) is 7.62. The van der Waals surface area contributed by atoms with Crippen LogP contribution in [0.2, 0.25) is 0 Å². The van der Waals surface area contributed by atoms with E-state index >= 15 is 0 Å². The molecule has 16 heavy (non-hydrogen) atoms. The Morgan fingerprint density at radius 1 is 0.938 bits per heavy atom. The third-order valence-corrected chi connectivity index (χ3v) is 6.40. The highest BCUT2D eigenvalue weighted by molar-refractivity contribution is 5.01. The van der Waals surface area contributed by atoms with Gasteiger partial charge in [0.1, 0.15) is 0 Å². The van der Waals surface area contributed by atoms with Gasteiger partial charge in [0.15, 0.2) is 0 Å². The van der Waals surface area contributed by atoms with Crippen LogP contribution in [0.1, 0.15) is 65.7 Å². The Morgan fingerprint density at radius 2 is 1.75 bits per heavy atom. The number of fused-ring (bicyclic) bond motifs is 4. The Balaban J connectivity index is 1.76. The van der Waals surface area contributed by atoms with Crippen LogP contribution in [-0.4, -0.2) is 0 Å². The summed E-state index contributed by atoms with van der Waals surface area (Å²) in [6, 6.07) is 0. The summed E-state index contributed by atoms with van der Waals surface area (Å²) in [4.78, 5) is 0. The average molecular weight is 220 g/mol. The Bertz CT molecular complexity index is 269. The molecule has 0 spiro atoms. The lowest BCUT2D eigenvalue weighted by Gasteiger charge is -2.39. The van der Waals surface area contributed by atoms with Gasteiger partial charge in [-0.2, -0.15) is 0 Å². The monoisotopic (exact) mass is 220 g/mol. The molecule has 92 valence electrons. The maximum atomic E-state index is 2.56. The van der Waals surface area contributed by atoms with Crippen molar-refractivity contribution in [1.82, 2.24) is 0 Å². The van der Waals surface area contributed by atoms with Gasteiger partial charge in [-0.1, -0.05) is 27.2 Å². The van der Waals surface area contributed by atoms with Crippen molar-refractivity contribution in [3.8, 4) is 0 Å². The smallest absolute Gasteiger partial charge is 0.0294 e. The molecular formula is C16H28. The van der Waals surface area contributed by atoms with Gasteiger partial charge in [-0.15, -0.1) is 0 Å². The molecule has 0 amide bonds. The third kappa shape index (κ3) is 1.83. The van der Waals surface area contributed by atoms with Gasteiger partial charge in [-0.25, -0.2) is 0 Å². The summed E-state index contributed by atoms with van der Waals surface area (Å²) in [5, 5.41) is 0. The summed E-state index contributed by atoms with van der Waals surface area (Å²) in [5.74, 6) is 5.24. The fraction of sp³-hybridized carbons (Fsp3) is 1.00. The minimum absolute atomic E-state index is 0.773. The third-order valence-electron chi connectivity index (χ3n) is 6.40. The predicted octanol–water partition coefficient (Wildman–Crippen LogP) is 4.89. The molecule has 0 saturated heterocycles. The molecule has 4 aliphatic carbocycles. The average Bonchev–Trinajstić information content (AvgIpc) is 2.87. The van der Waals surface area contributed by atoms with Crippen molar-refractivity contribution in [1.29, 1.82) is 0 Å². The standard InChI is InChI=1S/C16H28/c1-11-6-7-16(3)10-14(16)9-13-4-5-15(11)12(2)8-13/h11-15H,4-10H2,1-3H3. The SMILES string of the molecule is CC1CCC2(C)CC2CC2CCC1C(C)C2. The van der Waals surface area contributed by atoms with Gasteiger partial charge >= 0.3 is 0 Å². The number of hydrogen-bond acceptors (Lipinski definition) is 0. The van der Waals surface area contributed by atoms with Crippen LogP contribution in [0.4, 0.5) is 0 Å². The quantitative estimate of drug-likeness (QED) is 0.545. The molecule has 0 aliphatic heterocycles. The Morgan fingerprint density at radius 3 is 2.50 bits per heavy atom. The number of hydrogen-bond donors (Lipinski definition) is 0. The van der Waals surface area contributed by atoms with Gasteiger partial charge in [-0.05, 0) is 73.5 Å². The zero-order chi connectivity index (χ0) is 11.3. The molecule has 0 N–H and O–H groups in total. The molecule has 4 aliphatic rings. The van der Waals surface area contributed by atoms with E-state index in [0.717, 1.165) is 35.0 Å². The van der Waals surface area contributed by atoms with Crippen molar-refractivity contribution in [2.75, 3.05) is 0 Å². The number of rotatable bonds is 0. The van der Waals surface area contributed by atoms with Gasteiger partial charge in [0.25, 0.3) is 0 Å². The van der Waals surface area contributed by atoms with E-state index in [1.165, 1.54) is 19.3 Å². The van der Waals surface area contributed by atoms with Crippen molar-refractivity contribution in [2.45, 2.75) is 65.7 Å². The fourth-order valence-corrected chi connectivity index (χ4v) is 4.94. The normalized spacial score (nSPS) is 56.8. The lowest BCUT2D eigenvalue weighted by atomic mass is 9.66. The first-order valence-electron chi connectivity index (χ1n) is 7.58. The lowest BCUT2D eigenvalue weighted by molar-refractivity contribution is 0.113. The molecule has 6 unspecified atom stereocenters. The summed E-state index contributed by atoms with van der Waals surface area (Å²) in [7, 11) is 0. The van der Waals surface area contributed by atoms with Crippen LogP contribution in [0.15, 0.2) is 0 Å². The maximum Gasteiger partial charge on any atom is -0.0294 e. The molecule has 2 bridgehead atoms. The molecule has 4 saturated carbocycles. The topological polar surface area (TPSA) is 0 Å². The zero-order valence-corrected chi connectivity index (χ0v) is 11.3. The van der Waals surface area contributed by atoms with Crippen LogP contribution in [-0.2, 0) is 0 Å². The van der Waals surface area contributed by atoms with Crippen molar-refractivity contribution in [2.24, 2.45) is 35.0 Å². The first-order valence-corrected chi connectivity index (χ1v) is 7.58. The Labute approximate surface area is 101 Å². The molecule has 0 radical (unpaired) electrons. The first-order chi connectivity index (χ1) is 7.58. The van der Waals surface area contributed by atoms with Gasteiger partial charge in [0.05, 0.1) is 0 Å². The molecule has 0 nitrogen and oxygen atoms in total. The molecule has 0 heteroatoms. The highest BCUT2D eigenvalue weighted by Gasteiger charge is 2.51. The molecule has 0 aromatic heterocycles. The summed E-state index contributed by atoms with van der Waals surface area (Å²) >= 11 is 0. The van der Waals surface area contributed by atoms with E-state index in [2.05, 4.69) is 20.8 Å². The van der Waals surface area contributed by atoms with E-state index < -0.39 is 0 Å². The minimum atomic E-state index is 0.773. The minimum Gasteiger partial charge on any atom is -0.0622 e. The van der Waals surface area contributed by atoms with Gasteiger partial charge in [0.2, 0.25) is 0 Å². The van der Waals surface area contributed by atoms with Crippen molar-refractivity contribution >= 4 is 0 Å². The van der Waals surface area contributed by atoms with E-state index in [4.69, 9.17) is 0 Å². The maximum absolute atomic E-state index is 2.56. The van der Waals surface area contributed by atoms with Crippen LogP contribution in [0.5, 0.6) is 0 Å². The fourth-order valence-electron chi connectivity index (χ4n) is 4.94. The first kappa shape index (κ1) is 11.1. The molecule has 0 aromatic carbocycles. The molecule has 4 rings (SSSR count). The second-order valence-corrected chi connectivity index (χ2v) is 7.63. The van der Waals surface area contributed by atoms with E-state index in [0.29, 0.717) is 0 Å². The largest absolute Gasteiger partial charge is 0.0622 e. The Kier molecular flexibility index (Phi) is 2.60. The van der Waals surface area contributed by atoms with Crippen LogP contribution in [0, 0.1) is 35.0 Å². The van der Waals surface area contributed by atoms with Crippen molar-refractivity contribution in [3.63, 3.8) is 0 Å². The van der Waals surface area contributed by atoms with Crippen LogP contribution < -0.4 is 0 Å². The summed E-state index contributed by atoms with van der Waals surface area (Å²) in [5.41, 5.74) is 0.773. The van der Waals surface area contributed by atoms with Crippen LogP contribution in [0.3, 0.4) is 0 Å². The molecule has 0 heterocycles. The summed E-state index contributed by atoms with van der Waals surface area (Å²) in [6.07, 6.45) is 10.8. The highest BCUT2D eigenvalue weighted by Crippen LogP contribution is 2.61. The van der Waals surface area contributed by atoms with E-state index in [-0.39, 0.29) is 0 Å². The lowest BCUT2D eigenvalue weighted by Crippen LogP contribution is -2.29. The van der Waals surface area contributed by atoms with E-state index in [9.17, 15) is 0 Å². The van der Waals surface area contributed by atoms with Crippen LogP contribution >= 0.6 is 0 Å². The van der Waals surface area contributed by atoms with Gasteiger partial charge in [-0.3, -0.25) is 0 Å². The zero-order valence-electron chi connectivity index (χ0n) is 11.3. The molecular weight excluding hydrogens is 192 g/mol.